The van der Waals surface area contributed by atoms with Gasteiger partial charge in [-0.15, -0.1) is 0 Å². The third-order valence-corrected chi connectivity index (χ3v) is 5.20. The fraction of sp³-hybridized carbons (Fsp3) is 0.611. The number of carbonyl (C=O) groups is 1. The van der Waals surface area contributed by atoms with Crippen molar-refractivity contribution in [3.63, 3.8) is 0 Å². The van der Waals surface area contributed by atoms with Crippen LogP contribution in [-0.4, -0.2) is 69.7 Å². The summed E-state index contributed by atoms with van der Waals surface area (Å²) in [6.07, 6.45) is -3.14. The lowest BCUT2D eigenvalue weighted by molar-refractivity contribution is -0.277. The van der Waals surface area contributed by atoms with Crippen LogP contribution in [0.25, 0.3) is 0 Å². The zero-order valence-electron chi connectivity index (χ0n) is 14.6. The Morgan fingerprint density at radius 2 is 1.89 bits per heavy atom. The molecule has 1 saturated carbocycles. The van der Waals surface area contributed by atoms with E-state index in [4.69, 9.17) is 21.1 Å². The number of amides is 1. The molecule has 5 unspecified atom stereocenters. The average molecular weight is 402 g/mol. The minimum Gasteiger partial charge on any atom is -0.461 e. The lowest BCUT2D eigenvalue weighted by Gasteiger charge is -2.39. The van der Waals surface area contributed by atoms with Crippen LogP contribution in [0.15, 0.2) is 18.2 Å². The summed E-state index contributed by atoms with van der Waals surface area (Å²) in [5.74, 6) is -0.247. The summed E-state index contributed by atoms with van der Waals surface area (Å²) in [6, 6.07) is 4.53. The van der Waals surface area contributed by atoms with Gasteiger partial charge in [-0.1, -0.05) is 24.4 Å². The molecule has 9 heteroatoms. The van der Waals surface area contributed by atoms with Gasteiger partial charge in [0.15, 0.2) is 0 Å². The van der Waals surface area contributed by atoms with E-state index < -0.39 is 37.3 Å². The molecular weight excluding hydrogens is 378 g/mol. The SMILES string of the molecule is O=C(NC1CCCC1)c1cc(Cl)ccc1OC1OC(CO)C(O)C(O)C1O. The summed E-state index contributed by atoms with van der Waals surface area (Å²) in [7, 11) is 0. The number of hydrogen-bond acceptors (Lipinski definition) is 7. The Hall–Kier alpha value is -1.42. The Balaban J connectivity index is 1.78. The third-order valence-electron chi connectivity index (χ3n) is 4.97. The van der Waals surface area contributed by atoms with Crippen LogP contribution in [-0.2, 0) is 4.74 Å². The molecule has 1 heterocycles. The Morgan fingerprint density at radius 1 is 1.19 bits per heavy atom. The summed E-state index contributed by atoms with van der Waals surface area (Å²) < 4.78 is 11.0. The second-order valence-corrected chi connectivity index (χ2v) is 7.35. The number of halogens is 1. The number of rotatable bonds is 5. The zero-order chi connectivity index (χ0) is 19.6. The lowest BCUT2D eigenvalue weighted by Crippen LogP contribution is -2.60. The molecular formula is C18H24ClNO7. The molecule has 5 N–H and O–H groups in total. The van der Waals surface area contributed by atoms with Crippen molar-refractivity contribution in [3.05, 3.63) is 28.8 Å². The van der Waals surface area contributed by atoms with Crippen molar-refractivity contribution < 1.29 is 34.7 Å². The minimum absolute atomic E-state index is 0.0941. The number of nitrogens with one attached hydrogen (secondary N) is 1. The number of hydrogen-bond donors (Lipinski definition) is 5. The van der Waals surface area contributed by atoms with E-state index in [0.717, 1.165) is 25.7 Å². The summed E-state index contributed by atoms with van der Waals surface area (Å²) in [5.41, 5.74) is 0.173. The topological polar surface area (TPSA) is 128 Å². The summed E-state index contributed by atoms with van der Waals surface area (Å²) in [5, 5.41) is 42.4. The number of aliphatic hydroxyl groups excluding tert-OH is 4. The van der Waals surface area contributed by atoms with Crippen LogP contribution < -0.4 is 10.1 Å². The Kier molecular flexibility index (Phi) is 6.56. The van der Waals surface area contributed by atoms with Crippen LogP contribution in [0.5, 0.6) is 5.75 Å². The predicted octanol–water partition coefficient (Wildman–Crippen LogP) is 0.191. The van der Waals surface area contributed by atoms with Gasteiger partial charge in [0, 0.05) is 11.1 Å². The molecule has 1 aliphatic carbocycles. The molecule has 150 valence electrons. The Labute approximate surface area is 161 Å². The standard InChI is InChI=1S/C18H24ClNO7/c19-9-5-6-12(11(7-9)17(25)20-10-3-1-2-4-10)26-18-16(24)15(23)14(22)13(8-21)27-18/h5-7,10,13-16,18,21-24H,1-4,8H2,(H,20,25). The van der Waals surface area contributed by atoms with Crippen molar-refractivity contribution in [2.75, 3.05) is 6.61 Å². The Morgan fingerprint density at radius 3 is 2.56 bits per heavy atom. The maximum atomic E-state index is 12.7. The molecule has 2 fully saturated rings. The Bertz CT molecular complexity index is 665. The monoisotopic (exact) mass is 401 g/mol. The third kappa shape index (κ3) is 4.53. The van der Waals surface area contributed by atoms with E-state index in [-0.39, 0.29) is 23.3 Å². The maximum Gasteiger partial charge on any atom is 0.255 e. The van der Waals surface area contributed by atoms with Gasteiger partial charge in [-0.25, -0.2) is 0 Å². The molecule has 1 aliphatic heterocycles. The highest BCUT2D eigenvalue weighted by Gasteiger charge is 2.45. The molecule has 1 aromatic carbocycles. The zero-order valence-corrected chi connectivity index (χ0v) is 15.4. The minimum atomic E-state index is -1.57. The van der Waals surface area contributed by atoms with Gasteiger partial charge in [-0.2, -0.15) is 0 Å². The van der Waals surface area contributed by atoms with Crippen molar-refractivity contribution in [2.45, 2.75) is 62.4 Å². The van der Waals surface area contributed by atoms with Gasteiger partial charge in [-0.05, 0) is 31.0 Å². The molecule has 3 rings (SSSR count). The van der Waals surface area contributed by atoms with Crippen LogP contribution in [0.1, 0.15) is 36.0 Å². The van der Waals surface area contributed by atoms with Crippen molar-refractivity contribution in [1.29, 1.82) is 0 Å². The molecule has 1 saturated heterocycles. The largest absolute Gasteiger partial charge is 0.461 e. The molecule has 2 aliphatic rings. The van der Waals surface area contributed by atoms with E-state index in [1.807, 2.05) is 0 Å². The highest BCUT2D eigenvalue weighted by Crippen LogP contribution is 2.29. The lowest BCUT2D eigenvalue weighted by atomic mass is 9.99. The summed E-state index contributed by atoms with van der Waals surface area (Å²) in [6.45, 7) is -0.569. The van der Waals surface area contributed by atoms with Gasteiger partial charge in [0.25, 0.3) is 5.91 Å². The summed E-state index contributed by atoms with van der Waals surface area (Å²) >= 11 is 6.01. The van der Waals surface area contributed by atoms with Crippen LogP contribution in [0.4, 0.5) is 0 Å². The van der Waals surface area contributed by atoms with E-state index in [1.54, 1.807) is 0 Å². The molecule has 0 radical (unpaired) electrons. The van der Waals surface area contributed by atoms with Gasteiger partial charge in [0.1, 0.15) is 30.2 Å². The van der Waals surface area contributed by atoms with Gasteiger partial charge in [0.2, 0.25) is 6.29 Å². The van der Waals surface area contributed by atoms with Crippen molar-refractivity contribution in [1.82, 2.24) is 5.32 Å². The van der Waals surface area contributed by atoms with Crippen LogP contribution in [0.3, 0.4) is 0 Å². The van der Waals surface area contributed by atoms with Crippen molar-refractivity contribution >= 4 is 17.5 Å². The van der Waals surface area contributed by atoms with Crippen LogP contribution >= 0.6 is 11.6 Å². The highest BCUT2D eigenvalue weighted by molar-refractivity contribution is 6.31. The van der Waals surface area contributed by atoms with E-state index in [1.165, 1.54) is 18.2 Å². The van der Waals surface area contributed by atoms with Gasteiger partial charge < -0.3 is 35.2 Å². The molecule has 0 aromatic heterocycles. The maximum absolute atomic E-state index is 12.7. The molecule has 0 spiro atoms. The first-order valence-corrected chi connectivity index (χ1v) is 9.36. The first-order valence-electron chi connectivity index (χ1n) is 8.98. The molecule has 1 aromatic rings. The van der Waals surface area contributed by atoms with E-state index in [2.05, 4.69) is 5.32 Å². The van der Waals surface area contributed by atoms with Crippen molar-refractivity contribution in [2.24, 2.45) is 0 Å². The fourth-order valence-electron chi connectivity index (χ4n) is 3.41. The molecule has 5 atom stereocenters. The predicted molar refractivity (Wildman–Crippen MR) is 95.6 cm³/mol. The molecule has 0 bridgehead atoms. The number of aliphatic hydroxyl groups is 4. The average Bonchev–Trinajstić information content (AvgIpc) is 3.16. The molecule has 27 heavy (non-hydrogen) atoms. The second kappa shape index (κ2) is 8.72. The van der Waals surface area contributed by atoms with E-state index in [0.29, 0.717) is 5.02 Å². The molecule has 1 amide bonds. The normalized spacial score (nSPS) is 31.7. The van der Waals surface area contributed by atoms with Crippen LogP contribution in [0.2, 0.25) is 5.02 Å². The number of ether oxygens (including phenoxy) is 2. The smallest absolute Gasteiger partial charge is 0.255 e. The second-order valence-electron chi connectivity index (χ2n) is 6.91. The summed E-state index contributed by atoms with van der Waals surface area (Å²) in [4.78, 5) is 12.7. The van der Waals surface area contributed by atoms with E-state index >= 15 is 0 Å². The number of benzene rings is 1. The van der Waals surface area contributed by atoms with Crippen molar-refractivity contribution in [3.8, 4) is 5.75 Å². The fourth-order valence-corrected chi connectivity index (χ4v) is 3.58. The molecule has 8 nitrogen and oxygen atoms in total. The quantitative estimate of drug-likeness (QED) is 0.476. The van der Waals surface area contributed by atoms with Crippen LogP contribution in [0, 0.1) is 0 Å². The van der Waals surface area contributed by atoms with Gasteiger partial charge in [-0.3, -0.25) is 4.79 Å². The highest BCUT2D eigenvalue weighted by atomic mass is 35.5. The first kappa shape index (κ1) is 20.3. The first-order chi connectivity index (χ1) is 12.9. The number of carbonyl (C=O) groups excluding carboxylic acids is 1. The van der Waals surface area contributed by atoms with Gasteiger partial charge >= 0.3 is 0 Å². The van der Waals surface area contributed by atoms with E-state index in [9.17, 15) is 25.2 Å². The van der Waals surface area contributed by atoms with Gasteiger partial charge in [0.05, 0.1) is 12.2 Å².